The smallest absolute Gasteiger partial charge is 0.256 e. The SMILES string of the molecule is CC(NC(=O)c1cc(S(=O)(=O)NN2CCOCC2)c(F)cc1Cl)C12CC3CC(CC(C3)C1)C2. The molecule has 1 saturated heterocycles. The third-order valence-corrected chi connectivity index (χ3v) is 9.87. The van der Waals surface area contributed by atoms with E-state index in [-0.39, 0.29) is 22.0 Å². The Morgan fingerprint density at radius 1 is 1.15 bits per heavy atom. The number of halogens is 2. The van der Waals surface area contributed by atoms with Gasteiger partial charge in [0.05, 0.1) is 23.8 Å². The molecule has 0 spiro atoms. The quantitative estimate of drug-likeness (QED) is 0.626. The summed E-state index contributed by atoms with van der Waals surface area (Å²) in [5.41, 5.74) is 0.0565. The molecule has 1 amide bonds. The van der Waals surface area contributed by atoms with Crippen molar-refractivity contribution < 1.29 is 22.3 Å². The van der Waals surface area contributed by atoms with Gasteiger partial charge in [-0.3, -0.25) is 4.79 Å². The van der Waals surface area contributed by atoms with Crippen LogP contribution in [0.15, 0.2) is 17.0 Å². The van der Waals surface area contributed by atoms with Crippen molar-refractivity contribution in [1.29, 1.82) is 0 Å². The van der Waals surface area contributed by atoms with Crippen molar-refractivity contribution in [2.45, 2.75) is 56.4 Å². The van der Waals surface area contributed by atoms with Gasteiger partial charge < -0.3 is 10.1 Å². The molecule has 1 unspecified atom stereocenters. The van der Waals surface area contributed by atoms with Gasteiger partial charge in [-0.25, -0.2) is 17.8 Å². The van der Waals surface area contributed by atoms with Crippen LogP contribution in [0.25, 0.3) is 0 Å². The second-order valence-corrected chi connectivity index (χ2v) is 12.5. The molecule has 33 heavy (non-hydrogen) atoms. The summed E-state index contributed by atoms with van der Waals surface area (Å²) < 4.78 is 45.5. The zero-order valence-corrected chi connectivity index (χ0v) is 20.4. The largest absolute Gasteiger partial charge is 0.379 e. The van der Waals surface area contributed by atoms with Crippen LogP contribution in [0, 0.1) is 29.0 Å². The normalized spacial score (nSPS) is 32.6. The lowest BCUT2D eigenvalue weighted by molar-refractivity contribution is -0.0688. The summed E-state index contributed by atoms with van der Waals surface area (Å²) in [6.07, 6.45) is 7.30. The number of sulfonamides is 1. The molecule has 2 N–H and O–H groups in total. The maximum absolute atomic E-state index is 14.6. The van der Waals surface area contributed by atoms with Crippen molar-refractivity contribution in [3.05, 3.63) is 28.5 Å². The van der Waals surface area contributed by atoms with E-state index in [0.717, 1.165) is 49.1 Å². The minimum absolute atomic E-state index is 0.0306. The molecule has 10 heteroatoms. The van der Waals surface area contributed by atoms with Crippen LogP contribution in [0.2, 0.25) is 5.02 Å². The van der Waals surface area contributed by atoms with Crippen LogP contribution in [-0.2, 0) is 14.8 Å². The number of nitrogens with one attached hydrogen (secondary N) is 2. The van der Waals surface area contributed by atoms with Crippen molar-refractivity contribution in [2.75, 3.05) is 26.3 Å². The molecule has 5 fully saturated rings. The minimum atomic E-state index is -4.22. The summed E-state index contributed by atoms with van der Waals surface area (Å²) in [6.45, 7) is 3.50. The Hall–Kier alpha value is -1.26. The molecule has 0 aromatic heterocycles. The summed E-state index contributed by atoms with van der Waals surface area (Å²) in [5.74, 6) is 0.770. The van der Waals surface area contributed by atoms with E-state index in [1.165, 1.54) is 24.3 Å². The van der Waals surface area contributed by atoms with Gasteiger partial charge in [0.2, 0.25) is 0 Å². The van der Waals surface area contributed by atoms with Gasteiger partial charge in [0, 0.05) is 19.1 Å². The predicted molar refractivity (Wildman–Crippen MR) is 122 cm³/mol. The lowest BCUT2D eigenvalue weighted by Gasteiger charge is -2.59. The molecule has 1 aliphatic heterocycles. The maximum Gasteiger partial charge on any atom is 0.256 e. The number of carbonyl (C=O) groups is 1. The van der Waals surface area contributed by atoms with Crippen molar-refractivity contribution in [2.24, 2.45) is 23.2 Å². The number of rotatable bonds is 6. The number of benzene rings is 1. The second-order valence-electron chi connectivity index (χ2n) is 10.4. The Morgan fingerprint density at radius 3 is 2.30 bits per heavy atom. The summed E-state index contributed by atoms with van der Waals surface area (Å²) in [4.78, 5) is 15.0. The summed E-state index contributed by atoms with van der Waals surface area (Å²) >= 11 is 6.20. The third kappa shape index (κ3) is 4.55. The first kappa shape index (κ1) is 23.5. The van der Waals surface area contributed by atoms with Gasteiger partial charge in [-0.15, -0.1) is 4.83 Å². The Labute approximate surface area is 199 Å². The molecule has 4 saturated carbocycles. The number of morpholine rings is 1. The van der Waals surface area contributed by atoms with Crippen molar-refractivity contribution in [3.63, 3.8) is 0 Å². The van der Waals surface area contributed by atoms with E-state index >= 15 is 0 Å². The first-order valence-electron chi connectivity index (χ1n) is 11.8. The number of hydrogen-bond acceptors (Lipinski definition) is 5. The summed E-state index contributed by atoms with van der Waals surface area (Å²) in [6, 6.07) is 1.88. The third-order valence-electron chi connectivity index (χ3n) is 8.17. The Balaban J connectivity index is 1.35. The van der Waals surface area contributed by atoms with E-state index in [1.54, 1.807) is 0 Å². The molecule has 5 aliphatic rings. The molecule has 7 nitrogen and oxygen atoms in total. The second kappa shape index (κ2) is 8.75. The fraction of sp³-hybridized carbons (Fsp3) is 0.696. The zero-order valence-electron chi connectivity index (χ0n) is 18.8. The molecule has 6 rings (SSSR count). The Morgan fingerprint density at radius 2 is 1.73 bits per heavy atom. The molecule has 1 aromatic rings. The Kier molecular flexibility index (Phi) is 6.23. The molecule has 1 atom stereocenters. The first-order chi connectivity index (χ1) is 15.6. The molecule has 4 bridgehead atoms. The Bertz CT molecular complexity index is 1010. The van der Waals surface area contributed by atoms with Gasteiger partial charge in [0.15, 0.2) is 0 Å². The first-order valence-corrected chi connectivity index (χ1v) is 13.7. The minimum Gasteiger partial charge on any atom is -0.379 e. The highest BCUT2D eigenvalue weighted by Crippen LogP contribution is 2.61. The van der Waals surface area contributed by atoms with Crippen LogP contribution in [0.3, 0.4) is 0 Å². The summed E-state index contributed by atoms with van der Waals surface area (Å²) in [7, 11) is -4.22. The highest BCUT2D eigenvalue weighted by Gasteiger charge is 2.53. The lowest BCUT2D eigenvalue weighted by atomic mass is 9.48. The standard InChI is InChI=1S/C23H31ClFN3O4S/c1-14(23-11-15-6-16(12-23)8-17(7-15)13-23)26-22(29)18-9-21(20(25)10-19(18)24)33(30,31)27-28-2-4-32-5-3-28/h9-10,14-17,27H,2-8,11-13H2,1H3,(H,26,29). The number of hydrazine groups is 1. The number of hydrogen-bond donors (Lipinski definition) is 2. The van der Waals surface area contributed by atoms with Gasteiger partial charge >= 0.3 is 0 Å². The van der Waals surface area contributed by atoms with E-state index in [4.69, 9.17) is 16.3 Å². The van der Waals surface area contributed by atoms with E-state index < -0.39 is 26.6 Å². The van der Waals surface area contributed by atoms with Crippen LogP contribution in [0.1, 0.15) is 55.8 Å². The van der Waals surface area contributed by atoms with Gasteiger partial charge in [0.25, 0.3) is 15.9 Å². The van der Waals surface area contributed by atoms with Crippen LogP contribution >= 0.6 is 11.6 Å². The maximum atomic E-state index is 14.6. The van der Waals surface area contributed by atoms with Crippen LogP contribution < -0.4 is 10.1 Å². The topological polar surface area (TPSA) is 87.7 Å². The average molecular weight is 500 g/mol. The van der Waals surface area contributed by atoms with Gasteiger partial charge in [-0.05, 0) is 80.8 Å². The predicted octanol–water partition coefficient (Wildman–Crippen LogP) is 3.34. The molecule has 1 heterocycles. The zero-order chi connectivity index (χ0) is 23.4. The number of amides is 1. The van der Waals surface area contributed by atoms with Crippen molar-refractivity contribution >= 4 is 27.5 Å². The molecular formula is C23H31ClFN3O4S. The van der Waals surface area contributed by atoms with Gasteiger partial charge in [0.1, 0.15) is 10.7 Å². The van der Waals surface area contributed by atoms with E-state index in [0.29, 0.717) is 26.3 Å². The molecule has 4 aliphatic carbocycles. The fourth-order valence-corrected chi connectivity index (χ4v) is 8.36. The van der Waals surface area contributed by atoms with Crippen LogP contribution in [-0.4, -0.2) is 51.7 Å². The van der Waals surface area contributed by atoms with Gasteiger partial charge in [-0.2, -0.15) is 0 Å². The van der Waals surface area contributed by atoms with E-state index in [1.807, 2.05) is 6.92 Å². The van der Waals surface area contributed by atoms with Crippen molar-refractivity contribution in [1.82, 2.24) is 15.2 Å². The molecule has 1 aromatic carbocycles. The van der Waals surface area contributed by atoms with Crippen LogP contribution in [0.5, 0.6) is 0 Å². The number of ether oxygens (including phenoxy) is 1. The lowest BCUT2D eigenvalue weighted by Crippen LogP contribution is -2.55. The number of nitrogens with zero attached hydrogens (tertiary/aromatic N) is 1. The van der Waals surface area contributed by atoms with E-state index in [2.05, 4.69) is 10.1 Å². The monoisotopic (exact) mass is 499 g/mol. The molecule has 0 radical (unpaired) electrons. The van der Waals surface area contributed by atoms with E-state index in [9.17, 15) is 17.6 Å². The fourth-order valence-electron chi connectivity index (χ4n) is 6.92. The highest BCUT2D eigenvalue weighted by atomic mass is 35.5. The van der Waals surface area contributed by atoms with Gasteiger partial charge in [-0.1, -0.05) is 11.6 Å². The average Bonchev–Trinajstić information content (AvgIpc) is 2.73. The van der Waals surface area contributed by atoms with Crippen molar-refractivity contribution in [3.8, 4) is 0 Å². The van der Waals surface area contributed by atoms with Crippen LogP contribution in [0.4, 0.5) is 4.39 Å². The molecule has 182 valence electrons. The highest BCUT2D eigenvalue weighted by molar-refractivity contribution is 7.89. The summed E-state index contributed by atoms with van der Waals surface area (Å²) in [5, 5.41) is 4.44. The number of carbonyl (C=O) groups excluding carboxylic acids is 1. The molecular weight excluding hydrogens is 469 g/mol.